The van der Waals surface area contributed by atoms with Crippen LogP contribution in [0.2, 0.25) is 0 Å². The quantitative estimate of drug-likeness (QED) is 0.438. The normalized spacial score (nSPS) is 22.3. The Morgan fingerprint density at radius 1 is 1.24 bits per heavy atom. The maximum absolute atomic E-state index is 12.4. The Bertz CT molecular complexity index is 1550. The van der Waals surface area contributed by atoms with Gasteiger partial charge in [-0.1, -0.05) is 12.1 Å². The monoisotopic (exact) mass is 570 g/mol. The van der Waals surface area contributed by atoms with Crippen molar-refractivity contribution in [2.24, 2.45) is 0 Å². The molecule has 1 amide bonds. The van der Waals surface area contributed by atoms with Crippen LogP contribution in [0.25, 0.3) is 10.8 Å². The van der Waals surface area contributed by atoms with E-state index in [0.717, 1.165) is 66.1 Å². The van der Waals surface area contributed by atoms with E-state index in [1.165, 1.54) is 0 Å². The number of carbonyl (C=O) groups excluding carboxylic acids is 1. The number of morpholine rings is 1. The van der Waals surface area contributed by atoms with Crippen molar-refractivity contribution >= 4 is 34.3 Å². The predicted octanol–water partition coefficient (Wildman–Crippen LogP) is 4.46. The van der Waals surface area contributed by atoms with Gasteiger partial charge in [-0.3, -0.25) is 0 Å². The number of hydrogen-bond acceptors (Lipinski definition) is 10. The minimum atomic E-state index is -0.553. The number of rotatable bonds is 6. The summed E-state index contributed by atoms with van der Waals surface area (Å²) in [5.41, 5.74) is 2.09. The van der Waals surface area contributed by atoms with Crippen molar-refractivity contribution in [3.05, 3.63) is 47.2 Å². The van der Waals surface area contributed by atoms with Gasteiger partial charge in [0.05, 0.1) is 42.5 Å². The summed E-state index contributed by atoms with van der Waals surface area (Å²) in [7, 11) is 0. The molecule has 0 radical (unpaired) electrons. The summed E-state index contributed by atoms with van der Waals surface area (Å²) in [5.74, 6) is 2.31. The summed E-state index contributed by atoms with van der Waals surface area (Å²) in [4.78, 5) is 21.8. The van der Waals surface area contributed by atoms with Gasteiger partial charge in [-0.2, -0.15) is 5.26 Å². The van der Waals surface area contributed by atoms with E-state index in [-0.39, 0.29) is 18.2 Å². The van der Waals surface area contributed by atoms with Crippen LogP contribution in [0.5, 0.6) is 0 Å². The van der Waals surface area contributed by atoms with Crippen LogP contribution in [0.3, 0.4) is 0 Å². The lowest BCUT2D eigenvalue weighted by molar-refractivity contribution is 0.0509. The molecule has 11 nitrogen and oxygen atoms in total. The number of nitrogens with one attached hydrogen (secondary N) is 2. The molecule has 6 rings (SSSR count). The predicted molar refractivity (Wildman–Crippen MR) is 161 cm³/mol. The van der Waals surface area contributed by atoms with Crippen LogP contribution >= 0.6 is 0 Å². The molecule has 0 saturated carbocycles. The molecule has 2 N–H and O–H groups in total. The summed E-state index contributed by atoms with van der Waals surface area (Å²) in [5, 5.41) is 27.3. The molecule has 0 aliphatic carbocycles. The van der Waals surface area contributed by atoms with E-state index in [4.69, 9.17) is 14.5 Å². The lowest BCUT2D eigenvalue weighted by Crippen LogP contribution is -2.40. The Hall–Kier alpha value is -4.17. The number of carbonyl (C=O) groups is 1. The van der Waals surface area contributed by atoms with Crippen molar-refractivity contribution in [1.29, 1.82) is 5.26 Å². The van der Waals surface area contributed by atoms with E-state index in [0.29, 0.717) is 24.0 Å². The molecule has 3 aliphatic heterocycles. The summed E-state index contributed by atoms with van der Waals surface area (Å²) < 4.78 is 11.3. The number of ether oxygens (including phenoxy) is 2. The highest BCUT2D eigenvalue weighted by Gasteiger charge is 2.40. The molecule has 3 fully saturated rings. The van der Waals surface area contributed by atoms with Gasteiger partial charge >= 0.3 is 6.09 Å². The van der Waals surface area contributed by atoms with Crippen molar-refractivity contribution in [2.75, 3.05) is 41.4 Å². The molecular formula is C31H38N8O3. The highest BCUT2D eigenvalue weighted by atomic mass is 16.6. The fourth-order valence-electron chi connectivity index (χ4n) is 6.27. The lowest BCUT2D eigenvalue weighted by Gasteiger charge is -2.28. The van der Waals surface area contributed by atoms with Gasteiger partial charge in [0, 0.05) is 36.6 Å². The van der Waals surface area contributed by atoms with Gasteiger partial charge in [0.15, 0.2) is 11.6 Å². The summed E-state index contributed by atoms with van der Waals surface area (Å²) in [6.45, 7) is 12.5. The van der Waals surface area contributed by atoms with Crippen LogP contribution in [0.4, 0.5) is 22.2 Å². The zero-order chi connectivity index (χ0) is 29.6. The van der Waals surface area contributed by atoms with Crippen LogP contribution < -0.4 is 20.4 Å². The molecule has 3 aromatic rings. The Labute approximate surface area is 246 Å². The second-order valence-electron chi connectivity index (χ2n) is 12.5. The number of pyridine rings is 1. The molecule has 2 bridgehead atoms. The van der Waals surface area contributed by atoms with Gasteiger partial charge in [-0.15, -0.1) is 10.2 Å². The molecule has 42 heavy (non-hydrogen) atoms. The molecular weight excluding hydrogens is 532 g/mol. The molecule has 3 aliphatic rings. The average molecular weight is 571 g/mol. The van der Waals surface area contributed by atoms with Crippen molar-refractivity contribution in [1.82, 2.24) is 20.5 Å². The molecule has 220 valence electrons. The van der Waals surface area contributed by atoms with Crippen LogP contribution in [0, 0.1) is 18.3 Å². The van der Waals surface area contributed by atoms with Gasteiger partial charge in [-0.25, -0.2) is 9.78 Å². The summed E-state index contributed by atoms with van der Waals surface area (Å²) >= 11 is 0. The van der Waals surface area contributed by atoms with E-state index in [1.54, 1.807) is 0 Å². The van der Waals surface area contributed by atoms with E-state index in [9.17, 15) is 10.1 Å². The number of hydrogen-bond donors (Lipinski definition) is 2. The SMILES string of the molecule is Cc1c(C#N)cccc1[C@@H](C)Nc1nnc(N2CC[C@@H](NC(=O)OC(C)(C)C)C2)c2cnc(N3C[C@H]4C[C@@H]3CO4)cc12. The maximum Gasteiger partial charge on any atom is 0.407 e. The highest BCUT2D eigenvalue weighted by molar-refractivity contribution is 5.99. The Balaban J connectivity index is 1.31. The minimum Gasteiger partial charge on any atom is -0.444 e. The number of benzene rings is 1. The van der Waals surface area contributed by atoms with E-state index < -0.39 is 11.7 Å². The molecule has 11 heteroatoms. The Morgan fingerprint density at radius 3 is 2.79 bits per heavy atom. The number of amides is 1. The third-order valence-electron chi connectivity index (χ3n) is 8.35. The molecule has 4 atom stereocenters. The van der Waals surface area contributed by atoms with Gasteiger partial charge in [0.2, 0.25) is 0 Å². The topological polar surface area (TPSA) is 129 Å². The fourth-order valence-corrected chi connectivity index (χ4v) is 6.27. The first-order valence-corrected chi connectivity index (χ1v) is 14.6. The van der Waals surface area contributed by atoms with Gasteiger partial charge in [0.25, 0.3) is 0 Å². The maximum atomic E-state index is 12.4. The first-order chi connectivity index (χ1) is 20.1. The third-order valence-corrected chi connectivity index (χ3v) is 8.35. The average Bonchev–Trinajstić information content (AvgIpc) is 3.70. The number of fused-ring (bicyclic) bond motifs is 3. The first-order valence-electron chi connectivity index (χ1n) is 14.6. The number of alkyl carbamates (subject to hydrolysis) is 1. The molecule has 2 aromatic heterocycles. The molecule has 5 heterocycles. The molecule has 0 spiro atoms. The molecule has 0 unspecified atom stereocenters. The van der Waals surface area contributed by atoms with Crippen molar-refractivity contribution < 1.29 is 14.3 Å². The van der Waals surface area contributed by atoms with Crippen LogP contribution in [0.1, 0.15) is 63.3 Å². The fraction of sp³-hybridized carbons (Fsp3) is 0.516. The summed E-state index contributed by atoms with van der Waals surface area (Å²) in [6, 6.07) is 10.3. The standard InChI is InChI=1S/C31H38N8O3/c1-18-20(13-32)7-6-8-24(18)19(2)34-28-25-12-27(39-16-23-11-22(39)17-41-23)33-14-26(25)29(37-36-28)38-10-9-21(15-38)35-30(40)42-31(3,4)5/h6-8,12,14,19,21-23H,9-11,15-17H2,1-5H3,(H,34,36)(H,35,40)/t19-,21-,22-,23-/m1/s1. The number of aromatic nitrogens is 3. The Morgan fingerprint density at radius 2 is 2.07 bits per heavy atom. The number of nitriles is 1. The molecule has 3 saturated heterocycles. The van der Waals surface area contributed by atoms with E-state index in [2.05, 4.69) is 49.7 Å². The van der Waals surface area contributed by atoms with Gasteiger partial charge in [-0.05, 0) is 70.7 Å². The van der Waals surface area contributed by atoms with Crippen LogP contribution in [0.15, 0.2) is 30.5 Å². The van der Waals surface area contributed by atoms with Crippen LogP contribution in [-0.2, 0) is 9.47 Å². The van der Waals surface area contributed by atoms with Crippen molar-refractivity contribution in [3.63, 3.8) is 0 Å². The highest BCUT2D eigenvalue weighted by Crippen LogP contribution is 2.37. The second-order valence-corrected chi connectivity index (χ2v) is 12.5. The smallest absolute Gasteiger partial charge is 0.407 e. The number of nitrogens with zero attached hydrogens (tertiary/aromatic N) is 6. The zero-order valence-corrected chi connectivity index (χ0v) is 24.8. The third kappa shape index (κ3) is 5.51. The van der Waals surface area contributed by atoms with Crippen LogP contribution in [-0.4, -0.2) is 71.3 Å². The molecule has 1 aromatic carbocycles. The minimum absolute atomic E-state index is 0.0581. The largest absolute Gasteiger partial charge is 0.444 e. The van der Waals surface area contributed by atoms with E-state index >= 15 is 0 Å². The lowest BCUT2D eigenvalue weighted by atomic mass is 9.98. The zero-order valence-electron chi connectivity index (χ0n) is 24.8. The van der Waals surface area contributed by atoms with Crippen molar-refractivity contribution in [2.45, 2.75) is 77.3 Å². The summed E-state index contributed by atoms with van der Waals surface area (Å²) in [6.07, 6.45) is 3.54. The van der Waals surface area contributed by atoms with Crippen molar-refractivity contribution in [3.8, 4) is 6.07 Å². The first kappa shape index (κ1) is 28.0. The van der Waals surface area contributed by atoms with Gasteiger partial charge < -0.3 is 29.9 Å². The Kier molecular flexibility index (Phi) is 7.27. The second kappa shape index (κ2) is 10.9. The van der Waals surface area contributed by atoms with Gasteiger partial charge in [0.1, 0.15) is 11.4 Å². The number of anilines is 3. The van der Waals surface area contributed by atoms with E-state index in [1.807, 2.05) is 52.1 Å².